The zero-order valence-corrected chi connectivity index (χ0v) is 14.1. The Kier molecular flexibility index (Phi) is 3.81. The lowest BCUT2D eigenvalue weighted by Crippen LogP contribution is -2.15. The first-order chi connectivity index (χ1) is 11.7. The lowest BCUT2D eigenvalue weighted by atomic mass is 10.2. The second-order valence-electron chi connectivity index (χ2n) is 5.28. The molecule has 7 nitrogen and oxygen atoms in total. The summed E-state index contributed by atoms with van der Waals surface area (Å²) < 4.78 is 11.7. The van der Waals surface area contributed by atoms with Gasteiger partial charge in [-0.2, -0.15) is 4.98 Å². The Morgan fingerprint density at radius 2 is 2.25 bits per heavy atom. The average molecular weight is 389 g/mol. The molecule has 0 saturated heterocycles. The van der Waals surface area contributed by atoms with Crippen LogP contribution in [0.25, 0.3) is 11.2 Å². The molecule has 0 aliphatic carbocycles. The standard InChI is InChI=1S/C16H13BrN4O3/c17-9-6-11(14-13(7-9)23-5-1-4-18-14)21-16(22)10-2-3-12-15(20-10)19-8-24-12/h2-3,6-8,18H,1,4-5H2,(H,21,22). The van der Waals surface area contributed by atoms with E-state index in [1.54, 1.807) is 12.1 Å². The van der Waals surface area contributed by atoms with E-state index in [9.17, 15) is 4.79 Å². The number of hydrogen-bond donors (Lipinski definition) is 2. The molecular weight excluding hydrogens is 376 g/mol. The van der Waals surface area contributed by atoms with E-state index in [0.717, 1.165) is 23.1 Å². The van der Waals surface area contributed by atoms with Crippen molar-refractivity contribution in [2.45, 2.75) is 6.42 Å². The number of halogens is 1. The molecule has 0 atom stereocenters. The fourth-order valence-electron chi connectivity index (χ4n) is 2.51. The van der Waals surface area contributed by atoms with Gasteiger partial charge in [0.1, 0.15) is 17.1 Å². The highest BCUT2D eigenvalue weighted by Crippen LogP contribution is 2.37. The van der Waals surface area contributed by atoms with Crippen LogP contribution < -0.4 is 15.4 Å². The highest BCUT2D eigenvalue weighted by Gasteiger charge is 2.18. The number of benzene rings is 1. The number of hydrogen-bond acceptors (Lipinski definition) is 6. The summed E-state index contributed by atoms with van der Waals surface area (Å²) in [6.45, 7) is 1.41. The summed E-state index contributed by atoms with van der Waals surface area (Å²) in [5.74, 6) is 0.378. The van der Waals surface area contributed by atoms with Gasteiger partial charge in [-0.25, -0.2) is 4.98 Å². The van der Waals surface area contributed by atoms with E-state index < -0.39 is 0 Å². The van der Waals surface area contributed by atoms with Gasteiger partial charge in [0, 0.05) is 11.0 Å². The Morgan fingerprint density at radius 1 is 1.33 bits per heavy atom. The van der Waals surface area contributed by atoms with Gasteiger partial charge in [-0.15, -0.1) is 0 Å². The Morgan fingerprint density at radius 3 is 3.17 bits per heavy atom. The molecule has 2 aromatic heterocycles. The maximum Gasteiger partial charge on any atom is 0.274 e. The third kappa shape index (κ3) is 2.80. The Bertz CT molecular complexity index is 925. The van der Waals surface area contributed by atoms with Gasteiger partial charge in [0.25, 0.3) is 5.91 Å². The largest absolute Gasteiger partial charge is 0.491 e. The van der Waals surface area contributed by atoms with Crippen molar-refractivity contribution in [1.82, 2.24) is 9.97 Å². The predicted molar refractivity (Wildman–Crippen MR) is 92.5 cm³/mol. The van der Waals surface area contributed by atoms with Gasteiger partial charge >= 0.3 is 0 Å². The van der Waals surface area contributed by atoms with Crippen molar-refractivity contribution in [2.24, 2.45) is 0 Å². The second kappa shape index (κ2) is 6.12. The van der Waals surface area contributed by atoms with Gasteiger partial charge in [0.2, 0.25) is 0 Å². The van der Waals surface area contributed by atoms with E-state index in [0.29, 0.717) is 29.3 Å². The van der Waals surface area contributed by atoms with Gasteiger partial charge in [0.05, 0.1) is 12.3 Å². The Labute approximate surface area is 145 Å². The number of nitrogens with one attached hydrogen (secondary N) is 2. The van der Waals surface area contributed by atoms with E-state index in [1.807, 2.05) is 12.1 Å². The average Bonchev–Trinajstić information content (AvgIpc) is 2.91. The summed E-state index contributed by atoms with van der Waals surface area (Å²) in [4.78, 5) is 20.7. The molecule has 1 aliphatic rings. The molecule has 0 radical (unpaired) electrons. The Balaban J connectivity index is 1.66. The molecule has 0 bridgehead atoms. The van der Waals surface area contributed by atoms with Gasteiger partial charge in [-0.3, -0.25) is 4.79 Å². The first-order valence-corrected chi connectivity index (χ1v) is 8.22. The number of anilines is 2. The minimum Gasteiger partial charge on any atom is -0.491 e. The summed E-state index contributed by atoms with van der Waals surface area (Å²) in [6.07, 6.45) is 2.19. The van der Waals surface area contributed by atoms with Crippen LogP contribution in [0.2, 0.25) is 0 Å². The van der Waals surface area contributed by atoms with Crippen LogP contribution in [-0.2, 0) is 0 Å². The minimum atomic E-state index is -0.328. The third-order valence-corrected chi connectivity index (χ3v) is 4.08. The van der Waals surface area contributed by atoms with Crippen molar-refractivity contribution < 1.29 is 13.9 Å². The smallest absolute Gasteiger partial charge is 0.274 e. The van der Waals surface area contributed by atoms with Crippen LogP contribution in [0.3, 0.4) is 0 Å². The van der Waals surface area contributed by atoms with Crippen LogP contribution in [0.5, 0.6) is 5.75 Å². The van der Waals surface area contributed by atoms with E-state index in [1.165, 1.54) is 6.39 Å². The number of fused-ring (bicyclic) bond motifs is 2. The summed E-state index contributed by atoms with van der Waals surface area (Å²) in [5.41, 5.74) is 2.61. The molecule has 0 unspecified atom stereocenters. The molecule has 0 fully saturated rings. The molecule has 4 rings (SSSR count). The maximum atomic E-state index is 12.5. The molecule has 3 heterocycles. The lowest BCUT2D eigenvalue weighted by molar-refractivity contribution is 0.102. The van der Waals surface area contributed by atoms with E-state index >= 15 is 0 Å². The number of ether oxygens (including phenoxy) is 1. The number of oxazole rings is 1. The van der Waals surface area contributed by atoms with Gasteiger partial charge < -0.3 is 19.8 Å². The number of aromatic nitrogens is 2. The fourth-order valence-corrected chi connectivity index (χ4v) is 2.95. The van der Waals surface area contributed by atoms with Crippen molar-refractivity contribution in [3.8, 4) is 5.75 Å². The zero-order chi connectivity index (χ0) is 16.5. The summed E-state index contributed by atoms with van der Waals surface area (Å²) in [7, 11) is 0. The zero-order valence-electron chi connectivity index (χ0n) is 12.5. The van der Waals surface area contributed by atoms with Crippen LogP contribution in [0.1, 0.15) is 16.9 Å². The number of carbonyl (C=O) groups is 1. The lowest BCUT2D eigenvalue weighted by Gasteiger charge is -2.15. The molecular formula is C16H13BrN4O3. The van der Waals surface area contributed by atoms with Crippen LogP contribution >= 0.6 is 15.9 Å². The number of carbonyl (C=O) groups excluding carboxylic acids is 1. The monoisotopic (exact) mass is 388 g/mol. The summed E-state index contributed by atoms with van der Waals surface area (Å²) in [6, 6.07) is 6.98. The van der Waals surface area contributed by atoms with Crippen LogP contribution in [0.15, 0.2) is 39.5 Å². The van der Waals surface area contributed by atoms with Crippen LogP contribution in [0.4, 0.5) is 11.4 Å². The maximum absolute atomic E-state index is 12.5. The highest BCUT2D eigenvalue weighted by molar-refractivity contribution is 9.10. The molecule has 1 aliphatic heterocycles. The number of pyridine rings is 1. The van der Waals surface area contributed by atoms with Crippen molar-refractivity contribution in [2.75, 3.05) is 23.8 Å². The van der Waals surface area contributed by atoms with Crippen molar-refractivity contribution in [3.63, 3.8) is 0 Å². The predicted octanol–water partition coefficient (Wildman–Crippen LogP) is 3.43. The van der Waals surface area contributed by atoms with Crippen LogP contribution in [-0.4, -0.2) is 29.0 Å². The highest BCUT2D eigenvalue weighted by atomic mass is 79.9. The minimum absolute atomic E-state index is 0.264. The third-order valence-electron chi connectivity index (χ3n) is 3.62. The molecule has 0 saturated carbocycles. The SMILES string of the molecule is O=C(Nc1cc(Br)cc2c1NCCCO2)c1ccc2ocnc2n1. The van der Waals surface area contributed by atoms with Crippen molar-refractivity contribution in [1.29, 1.82) is 0 Å². The van der Waals surface area contributed by atoms with Crippen molar-refractivity contribution >= 4 is 44.4 Å². The number of nitrogens with zero attached hydrogens (tertiary/aromatic N) is 2. The molecule has 1 aromatic carbocycles. The van der Waals surface area contributed by atoms with Gasteiger partial charge in [-0.05, 0) is 30.7 Å². The van der Waals surface area contributed by atoms with E-state index in [-0.39, 0.29) is 11.6 Å². The van der Waals surface area contributed by atoms with E-state index in [2.05, 4.69) is 36.5 Å². The number of rotatable bonds is 2. The molecule has 3 aromatic rings. The normalized spacial score (nSPS) is 13.5. The van der Waals surface area contributed by atoms with Crippen molar-refractivity contribution in [3.05, 3.63) is 40.8 Å². The molecule has 24 heavy (non-hydrogen) atoms. The molecule has 1 amide bonds. The van der Waals surface area contributed by atoms with E-state index in [4.69, 9.17) is 9.15 Å². The topological polar surface area (TPSA) is 89.3 Å². The Hall–Kier alpha value is -2.61. The first kappa shape index (κ1) is 14.9. The molecule has 122 valence electrons. The van der Waals surface area contributed by atoms with Gasteiger partial charge in [-0.1, -0.05) is 15.9 Å². The molecule has 8 heteroatoms. The fraction of sp³-hybridized carbons (Fsp3) is 0.188. The first-order valence-electron chi connectivity index (χ1n) is 7.42. The van der Waals surface area contributed by atoms with Gasteiger partial charge in [0.15, 0.2) is 17.6 Å². The molecule has 0 spiro atoms. The number of amides is 1. The quantitative estimate of drug-likeness (QED) is 0.698. The molecule has 2 N–H and O–H groups in total. The summed E-state index contributed by atoms with van der Waals surface area (Å²) >= 11 is 3.44. The second-order valence-corrected chi connectivity index (χ2v) is 6.20. The summed E-state index contributed by atoms with van der Waals surface area (Å²) in [5, 5.41) is 6.17. The van der Waals surface area contributed by atoms with Crippen LogP contribution in [0, 0.1) is 0 Å².